The number of nitrogens with zero attached hydrogens (tertiary/aromatic N) is 1. The van der Waals surface area contributed by atoms with E-state index in [-0.39, 0.29) is 5.97 Å². The second kappa shape index (κ2) is 30.2. The first-order valence-electron chi connectivity index (χ1n) is 14.1. The Hall–Kier alpha value is -0.830. The molecule has 0 aliphatic carbocycles. The van der Waals surface area contributed by atoms with Crippen molar-refractivity contribution in [3.05, 3.63) is 12.2 Å². The number of esters is 1. The molecule has 0 saturated carbocycles. The van der Waals surface area contributed by atoms with Gasteiger partial charge in [-0.1, -0.05) is 105 Å². The summed E-state index contributed by atoms with van der Waals surface area (Å²) in [5.74, 6) is -0.0267. The standard InChI is InChI=1S/C25H50NO2.2C2H6/c1-5-6-7-8-9-10-11-12-13-14-15-16-17-18-19-20-24-28-25(27)22-21-23-26(2,3)4;2*1-2/h12-13H,5-11,14-24H2,1-4H3;2*1-2H3/q+1;;/b13-12+;;. The molecular formula is C29H62NO2+. The molecule has 194 valence electrons. The van der Waals surface area contributed by atoms with Crippen LogP contribution in [-0.2, 0) is 9.53 Å². The number of carbonyl (C=O) groups excluding carboxylic acids is 1. The normalized spacial score (nSPS) is 10.9. The summed E-state index contributed by atoms with van der Waals surface area (Å²) in [6.07, 6.45) is 24.5. The first-order chi connectivity index (χ1) is 15.5. The van der Waals surface area contributed by atoms with Gasteiger partial charge in [-0.05, 0) is 32.1 Å². The van der Waals surface area contributed by atoms with E-state index in [1.54, 1.807) is 0 Å². The predicted molar refractivity (Wildman–Crippen MR) is 145 cm³/mol. The maximum atomic E-state index is 11.7. The monoisotopic (exact) mass is 456 g/mol. The van der Waals surface area contributed by atoms with Crippen LogP contribution in [0.3, 0.4) is 0 Å². The van der Waals surface area contributed by atoms with E-state index < -0.39 is 0 Å². The van der Waals surface area contributed by atoms with Crippen LogP contribution in [0, 0.1) is 0 Å². The van der Waals surface area contributed by atoms with Gasteiger partial charge in [0.25, 0.3) is 0 Å². The first kappa shape index (κ1) is 35.8. The molecular weight excluding hydrogens is 394 g/mol. The van der Waals surface area contributed by atoms with Crippen LogP contribution in [0.1, 0.15) is 137 Å². The average Bonchev–Trinajstić information content (AvgIpc) is 2.78. The first-order valence-corrected chi connectivity index (χ1v) is 14.1. The molecule has 0 atom stereocenters. The number of rotatable bonds is 20. The van der Waals surface area contributed by atoms with Gasteiger partial charge in [0.1, 0.15) is 0 Å². The van der Waals surface area contributed by atoms with Crippen molar-refractivity contribution < 1.29 is 14.0 Å². The zero-order chi connectivity index (χ0) is 24.9. The summed E-state index contributed by atoms with van der Waals surface area (Å²) in [6.45, 7) is 11.9. The predicted octanol–water partition coefficient (Wildman–Crippen LogP) is 9.11. The fraction of sp³-hybridized carbons (Fsp3) is 0.897. The average molecular weight is 457 g/mol. The largest absolute Gasteiger partial charge is 0.466 e. The highest BCUT2D eigenvalue weighted by Gasteiger charge is 2.09. The van der Waals surface area contributed by atoms with Crippen LogP contribution in [0.15, 0.2) is 12.2 Å². The van der Waals surface area contributed by atoms with Crippen LogP contribution in [0.5, 0.6) is 0 Å². The van der Waals surface area contributed by atoms with E-state index in [2.05, 4.69) is 40.2 Å². The highest BCUT2D eigenvalue weighted by Crippen LogP contribution is 2.10. The van der Waals surface area contributed by atoms with E-state index in [9.17, 15) is 4.79 Å². The van der Waals surface area contributed by atoms with Crippen molar-refractivity contribution in [3.8, 4) is 0 Å². The Kier molecular flexibility index (Phi) is 33.7. The van der Waals surface area contributed by atoms with Gasteiger partial charge in [0.15, 0.2) is 0 Å². The number of carbonyl (C=O) groups is 1. The third-order valence-corrected chi connectivity index (χ3v) is 5.13. The van der Waals surface area contributed by atoms with Crippen molar-refractivity contribution in [1.82, 2.24) is 0 Å². The van der Waals surface area contributed by atoms with Crippen molar-refractivity contribution in [2.45, 2.75) is 137 Å². The number of ether oxygens (including phenoxy) is 1. The van der Waals surface area contributed by atoms with Crippen LogP contribution in [0.4, 0.5) is 0 Å². The quantitative estimate of drug-likeness (QED) is 0.0790. The van der Waals surface area contributed by atoms with Gasteiger partial charge < -0.3 is 9.22 Å². The molecule has 32 heavy (non-hydrogen) atoms. The summed E-state index contributed by atoms with van der Waals surface area (Å²) in [6, 6.07) is 0. The summed E-state index contributed by atoms with van der Waals surface area (Å²) in [4.78, 5) is 11.7. The summed E-state index contributed by atoms with van der Waals surface area (Å²) in [5.41, 5.74) is 0. The Morgan fingerprint density at radius 3 is 1.56 bits per heavy atom. The minimum Gasteiger partial charge on any atom is -0.466 e. The maximum absolute atomic E-state index is 11.7. The SMILES string of the molecule is CC.CC.CCCCCCCC/C=C/CCCCCCCCOC(=O)CCC[N+](C)(C)C. The molecule has 3 nitrogen and oxygen atoms in total. The van der Waals surface area contributed by atoms with E-state index in [4.69, 9.17) is 4.74 Å². The smallest absolute Gasteiger partial charge is 0.306 e. The molecule has 0 spiro atoms. The highest BCUT2D eigenvalue weighted by molar-refractivity contribution is 5.69. The molecule has 0 fully saturated rings. The second-order valence-electron chi connectivity index (χ2n) is 9.28. The third kappa shape index (κ3) is 36.5. The Morgan fingerprint density at radius 1 is 0.656 bits per heavy atom. The second-order valence-corrected chi connectivity index (χ2v) is 9.28. The van der Waals surface area contributed by atoms with Gasteiger partial charge in [0.05, 0.1) is 40.7 Å². The lowest BCUT2D eigenvalue weighted by Gasteiger charge is -2.23. The van der Waals surface area contributed by atoms with E-state index in [1.807, 2.05) is 27.7 Å². The Bertz CT molecular complexity index is 372. The van der Waals surface area contributed by atoms with Gasteiger partial charge in [0, 0.05) is 6.42 Å². The molecule has 0 N–H and O–H groups in total. The molecule has 0 saturated heterocycles. The summed E-state index contributed by atoms with van der Waals surface area (Å²) in [5, 5.41) is 0. The lowest BCUT2D eigenvalue weighted by molar-refractivity contribution is -0.870. The molecule has 0 aliphatic rings. The number of allylic oxidation sites excluding steroid dienone is 2. The van der Waals surface area contributed by atoms with Crippen LogP contribution < -0.4 is 0 Å². The number of hydrogen-bond acceptors (Lipinski definition) is 2. The van der Waals surface area contributed by atoms with Crippen LogP contribution >= 0.6 is 0 Å². The third-order valence-electron chi connectivity index (χ3n) is 5.13. The molecule has 0 aromatic carbocycles. The van der Waals surface area contributed by atoms with Crippen LogP contribution in [0.2, 0.25) is 0 Å². The fourth-order valence-corrected chi connectivity index (χ4v) is 3.31. The minimum absolute atomic E-state index is 0.0267. The van der Waals surface area contributed by atoms with Gasteiger partial charge in [-0.2, -0.15) is 0 Å². The zero-order valence-corrected chi connectivity index (χ0v) is 23.6. The molecule has 0 aromatic heterocycles. The number of hydrogen-bond donors (Lipinski definition) is 0. The van der Waals surface area contributed by atoms with E-state index >= 15 is 0 Å². The fourth-order valence-electron chi connectivity index (χ4n) is 3.31. The van der Waals surface area contributed by atoms with Crippen molar-refractivity contribution in [1.29, 1.82) is 0 Å². The molecule has 0 aromatic rings. The number of quaternary nitrogens is 1. The molecule has 0 radical (unpaired) electrons. The minimum atomic E-state index is -0.0267. The van der Waals surface area contributed by atoms with E-state index in [0.717, 1.165) is 23.9 Å². The Morgan fingerprint density at radius 2 is 1.09 bits per heavy atom. The topological polar surface area (TPSA) is 26.3 Å². The lowest BCUT2D eigenvalue weighted by atomic mass is 10.1. The van der Waals surface area contributed by atoms with Gasteiger partial charge in [-0.3, -0.25) is 4.79 Å². The van der Waals surface area contributed by atoms with Crippen molar-refractivity contribution >= 4 is 5.97 Å². The molecule has 0 amide bonds. The van der Waals surface area contributed by atoms with Gasteiger partial charge in [-0.15, -0.1) is 0 Å². The van der Waals surface area contributed by atoms with Crippen molar-refractivity contribution in [2.24, 2.45) is 0 Å². The molecule has 0 aliphatic heterocycles. The Balaban J connectivity index is -0.00000198. The molecule has 0 heterocycles. The molecule has 0 bridgehead atoms. The highest BCUT2D eigenvalue weighted by atomic mass is 16.5. The summed E-state index contributed by atoms with van der Waals surface area (Å²) < 4.78 is 6.23. The lowest BCUT2D eigenvalue weighted by Crippen LogP contribution is -2.35. The van der Waals surface area contributed by atoms with E-state index in [0.29, 0.717) is 13.0 Å². The van der Waals surface area contributed by atoms with Crippen molar-refractivity contribution in [3.63, 3.8) is 0 Å². The van der Waals surface area contributed by atoms with Gasteiger partial charge in [-0.25, -0.2) is 0 Å². The zero-order valence-electron chi connectivity index (χ0n) is 23.6. The van der Waals surface area contributed by atoms with Crippen LogP contribution in [0.25, 0.3) is 0 Å². The van der Waals surface area contributed by atoms with Gasteiger partial charge >= 0.3 is 5.97 Å². The molecule has 0 unspecified atom stereocenters. The summed E-state index contributed by atoms with van der Waals surface area (Å²) in [7, 11) is 6.45. The van der Waals surface area contributed by atoms with Crippen LogP contribution in [-0.4, -0.2) is 44.7 Å². The molecule has 3 heteroatoms. The van der Waals surface area contributed by atoms with Crippen molar-refractivity contribution in [2.75, 3.05) is 34.3 Å². The maximum Gasteiger partial charge on any atom is 0.306 e. The molecule has 0 rings (SSSR count). The Labute approximate surface area is 204 Å². The van der Waals surface area contributed by atoms with Gasteiger partial charge in [0.2, 0.25) is 0 Å². The summed E-state index contributed by atoms with van der Waals surface area (Å²) >= 11 is 0. The van der Waals surface area contributed by atoms with E-state index in [1.165, 1.54) is 83.5 Å². The number of unbranched alkanes of at least 4 members (excludes halogenated alkanes) is 12.